The maximum atomic E-state index is 12.7. The van der Waals surface area contributed by atoms with E-state index in [1.165, 1.54) is 0 Å². The number of carbonyl (C=O) groups is 1. The second kappa shape index (κ2) is 6.51. The van der Waals surface area contributed by atoms with Crippen LogP contribution in [-0.4, -0.2) is 42.2 Å². The number of aromatic nitrogens is 5. The summed E-state index contributed by atoms with van der Waals surface area (Å²) in [5.74, 6) is 1.69. The number of likely N-dealkylation sites (N-methyl/N-ethyl adjacent to an activating group) is 1. The van der Waals surface area contributed by atoms with E-state index in [4.69, 9.17) is 9.97 Å². The summed E-state index contributed by atoms with van der Waals surface area (Å²) < 4.78 is 3.99. The molecule has 1 atom stereocenters. The lowest BCUT2D eigenvalue weighted by atomic mass is 10.0. The van der Waals surface area contributed by atoms with E-state index < -0.39 is 0 Å². The number of carbonyl (C=O) groups excluding carboxylic acids is 1. The van der Waals surface area contributed by atoms with E-state index in [0.29, 0.717) is 12.5 Å². The molecule has 1 fully saturated rings. The topological polar surface area (TPSA) is 68.8 Å². The van der Waals surface area contributed by atoms with Crippen LogP contribution in [0.1, 0.15) is 43.2 Å². The van der Waals surface area contributed by atoms with Crippen LogP contribution in [0, 0.1) is 0 Å². The summed E-state index contributed by atoms with van der Waals surface area (Å²) in [6.07, 6.45) is 8.05. The first-order chi connectivity index (χ1) is 15.0. The summed E-state index contributed by atoms with van der Waals surface area (Å²) in [5, 5.41) is 6.46. The third-order valence-corrected chi connectivity index (χ3v) is 6.51. The number of fused-ring (bicyclic) bond motifs is 2. The van der Waals surface area contributed by atoms with Gasteiger partial charge in [-0.3, -0.25) is 14.5 Å². The number of hydrogen-bond acceptors (Lipinski definition) is 4. The Bertz CT molecular complexity index is 1350. The van der Waals surface area contributed by atoms with Crippen LogP contribution in [0.15, 0.2) is 42.9 Å². The number of amides is 1. The van der Waals surface area contributed by atoms with Crippen molar-refractivity contribution in [2.75, 3.05) is 7.05 Å². The number of benzene rings is 1. The van der Waals surface area contributed by atoms with Gasteiger partial charge in [-0.25, -0.2) is 4.98 Å². The zero-order chi connectivity index (χ0) is 21.3. The van der Waals surface area contributed by atoms with E-state index in [1.807, 2.05) is 44.5 Å². The summed E-state index contributed by atoms with van der Waals surface area (Å²) in [4.78, 5) is 24.3. The number of aryl methyl sites for hydroxylation is 1. The van der Waals surface area contributed by atoms with Gasteiger partial charge in [0, 0.05) is 48.9 Å². The van der Waals surface area contributed by atoms with Gasteiger partial charge in [0.05, 0.1) is 29.8 Å². The summed E-state index contributed by atoms with van der Waals surface area (Å²) in [7, 11) is 3.78. The van der Waals surface area contributed by atoms with Crippen molar-refractivity contribution < 1.29 is 4.79 Å². The third-order valence-electron chi connectivity index (χ3n) is 6.51. The molecular weight excluding hydrogens is 388 g/mol. The minimum Gasteiger partial charge on any atom is -0.338 e. The van der Waals surface area contributed by atoms with Gasteiger partial charge in [0.1, 0.15) is 11.9 Å². The molecule has 0 N–H and O–H groups in total. The fourth-order valence-electron chi connectivity index (χ4n) is 4.74. The number of pyridine rings is 1. The van der Waals surface area contributed by atoms with Gasteiger partial charge in [0.15, 0.2) is 0 Å². The Labute approximate surface area is 180 Å². The van der Waals surface area contributed by atoms with Crippen LogP contribution in [0.3, 0.4) is 0 Å². The van der Waals surface area contributed by atoms with E-state index in [9.17, 15) is 4.79 Å². The van der Waals surface area contributed by atoms with E-state index in [0.717, 1.165) is 57.6 Å². The fourth-order valence-corrected chi connectivity index (χ4v) is 4.74. The second-order valence-electron chi connectivity index (χ2n) is 8.78. The average Bonchev–Trinajstić information content (AvgIpc) is 3.42. The Kier molecular flexibility index (Phi) is 3.84. The molecule has 4 aromatic rings. The molecule has 1 aromatic carbocycles. The summed E-state index contributed by atoms with van der Waals surface area (Å²) in [5.41, 5.74) is 5.09. The van der Waals surface area contributed by atoms with E-state index in [1.54, 1.807) is 4.68 Å². The first kappa shape index (κ1) is 18.3. The van der Waals surface area contributed by atoms with Crippen molar-refractivity contribution in [1.82, 2.24) is 29.2 Å². The smallest absolute Gasteiger partial charge is 0.245 e. The van der Waals surface area contributed by atoms with Crippen molar-refractivity contribution in [3.8, 4) is 22.5 Å². The highest BCUT2D eigenvalue weighted by molar-refractivity contribution is 5.97. The van der Waals surface area contributed by atoms with Crippen molar-refractivity contribution in [3.05, 3.63) is 54.4 Å². The van der Waals surface area contributed by atoms with Crippen LogP contribution in [0.25, 0.3) is 33.3 Å². The molecule has 7 heteroatoms. The van der Waals surface area contributed by atoms with Crippen molar-refractivity contribution in [2.45, 2.75) is 38.3 Å². The van der Waals surface area contributed by atoms with Crippen LogP contribution >= 0.6 is 0 Å². The molecule has 156 valence electrons. The van der Waals surface area contributed by atoms with Gasteiger partial charge in [-0.15, -0.1) is 0 Å². The highest BCUT2D eigenvalue weighted by Crippen LogP contribution is 2.45. The Hall–Kier alpha value is -3.48. The normalized spacial score (nSPS) is 18.6. The molecule has 0 unspecified atom stereocenters. The monoisotopic (exact) mass is 412 g/mol. The molecule has 31 heavy (non-hydrogen) atoms. The fraction of sp³-hybridized carbons (Fsp3) is 0.333. The van der Waals surface area contributed by atoms with Crippen LogP contribution < -0.4 is 0 Å². The van der Waals surface area contributed by atoms with Gasteiger partial charge in [-0.1, -0.05) is 18.2 Å². The lowest BCUT2D eigenvalue weighted by Gasteiger charge is -2.31. The Balaban J connectivity index is 1.53. The van der Waals surface area contributed by atoms with Crippen LogP contribution in [0.5, 0.6) is 0 Å². The van der Waals surface area contributed by atoms with Crippen molar-refractivity contribution in [2.24, 2.45) is 7.05 Å². The lowest BCUT2D eigenvalue weighted by Crippen LogP contribution is -2.39. The van der Waals surface area contributed by atoms with Gasteiger partial charge in [0.2, 0.25) is 5.91 Å². The molecule has 0 radical (unpaired) electrons. The first-order valence-electron chi connectivity index (χ1n) is 10.8. The number of rotatable bonds is 3. The maximum absolute atomic E-state index is 12.7. The summed E-state index contributed by atoms with van der Waals surface area (Å²) in [6, 6.07) is 8.21. The molecular formula is C24H24N6O. The van der Waals surface area contributed by atoms with E-state index in [2.05, 4.69) is 33.9 Å². The van der Waals surface area contributed by atoms with Crippen molar-refractivity contribution in [3.63, 3.8) is 0 Å². The van der Waals surface area contributed by atoms with E-state index >= 15 is 0 Å². The Morgan fingerprint density at radius 3 is 2.71 bits per heavy atom. The minimum atomic E-state index is -0.212. The zero-order valence-corrected chi connectivity index (χ0v) is 17.9. The number of nitrogens with zero attached hydrogens (tertiary/aromatic N) is 6. The molecule has 6 rings (SSSR count). The Morgan fingerprint density at radius 1 is 1.13 bits per heavy atom. The molecule has 1 amide bonds. The first-order valence-corrected chi connectivity index (χ1v) is 10.8. The molecule has 0 bridgehead atoms. The van der Waals surface area contributed by atoms with Gasteiger partial charge in [0.25, 0.3) is 0 Å². The van der Waals surface area contributed by atoms with Gasteiger partial charge in [-0.05, 0) is 31.2 Å². The van der Waals surface area contributed by atoms with Crippen LogP contribution in [0.4, 0.5) is 0 Å². The van der Waals surface area contributed by atoms with E-state index in [-0.39, 0.29) is 11.9 Å². The van der Waals surface area contributed by atoms with Gasteiger partial charge >= 0.3 is 0 Å². The van der Waals surface area contributed by atoms with Crippen molar-refractivity contribution in [1.29, 1.82) is 0 Å². The third kappa shape index (κ3) is 2.80. The van der Waals surface area contributed by atoms with Gasteiger partial charge < -0.3 is 9.47 Å². The molecule has 1 aliphatic carbocycles. The summed E-state index contributed by atoms with van der Waals surface area (Å²) in [6.45, 7) is 2.57. The average molecular weight is 412 g/mol. The minimum absolute atomic E-state index is 0.152. The van der Waals surface area contributed by atoms with Crippen LogP contribution in [-0.2, 0) is 18.4 Å². The highest BCUT2D eigenvalue weighted by atomic mass is 16.2. The predicted molar refractivity (Wildman–Crippen MR) is 118 cm³/mol. The molecule has 3 aromatic heterocycles. The summed E-state index contributed by atoms with van der Waals surface area (Å²) >= 11 is 0. The number of hydrogen-bond donors (Lipinski definition) is 0. The molecule has 4 heterocycles. The van der Waals surface area contributed by atoms with Crippen LogP contribution in [0.2, 0.25) is 0 Å². The molecule has 1 saturated carbocycles. The second-order valence-corrected chi connectivity index (χ2v) is 8.78. The molecule has 1 aliphatic heterocycles. The largest absolute Gasteiger partial charge is 0.338 e. The zero-order valence-electron chi connectivity index (χ0n) is 17.9. The SMILES string of the molecule is C[C@@H]1C(=O)N(C)Cc2c(-c3cccc4cc(-c5cnn(C)c5)ncc34)nc(C3CC3)n21. The quantitative estimate of drug-likeness (QED) is 0.512. The molecule has 2 aliphatic rings. The highest BCUT2D eigenvalue weighted by Gasteiger charge is 2.38. The number of imidazole rings is 1. The lowest BCUT2D eigenvalue weighted by molar-refractivity contribution is -0.135. The molecule has 0 spiro atoms. The standard InChI is InChI=1S/C24H24N6O/c1-14-24(31)28(2)13-21-22(27-23(30(14)21)15-7-8-15)18-6-4-5-16-9-20(25-11-19(16)18)17-10-26-29(3)12-17/h4-6,9-12,14-15H,7-8,13H2,1-3H3/t14-/m1/s1. The van der Waals surface area contributed by atoms with Crippen molar-refractivity contribution >= 4 is 16.7 Å². The predicted octanol–water partition coefficient (Wildman–Crippen LogP) is 3.91. The Morgan fingerprint density at radius 2 is 1.97 bits per heavy atom. The maximum Gasteiger partial charge on any atom is 0.245 e. The van der Waals surface area contributed by atoms with Gasteiger partial charge in [-0.2, -0.15) is 5.10 Å². The molecule has 7 nitrogen and oxygen atoms in total. The molecule has 0 saturated heterocycles.